The van der Waals surface area contributed by atoms with E-state index in [1.54, 1.807) is 0 Å². The first-order valence-corrected chi connectivity index (χ1v) is 5.61. The Bertz CT molecular complexity index is 307. The highest BCUT2D eigenvalue weighted by Gasteiger charge is 2.02. The van der Waals surface area contributed by atoms with E-state index in [1.807, 2.05) is 19.9 Å². The second-order valence-corrected chi connectivity index (χ2v) is 4.04. The Labute approximate surface area is 92.4 Å². The Hall–Kier alpha value is -1.02. The summed E-state index contributed by atoms with van der Waals surface area (Å²) in [5, 5.41) is 0. The Balaban J connectivity index is 2.66. The highest BCUT2D eigenvalue weighted by Crippen LogP contribution is 2.18. The van der Waals surface area contributed by atoms with Gasteiger partial charge < -0.3 is 10.5 Å². The van der Waals surface area contributed by atoms with Crippen molar-refractivity contribution in [1.29, 1.82) is 0 Å². The number of hydrogen-bond acceptors (Lipinski definition) is 2. The summed E-state index contributed by atoms with van der Waals surface area (Å²) in [5.41, 5.74) is 8.41. The maximum absolute atomic E-state index is 5.74. The fourth-order valence-corrected chi connectivity index (χ4v) is 1.59. The second kappa shape index (κ2) is 5.76. The molecule has 0 radical (unpaired) electrons. The van der Waals surface area contributed by atoms with Crippen LogP contribution in [0.4, 0.5) is 0 Å². The summed E-state index contributed by atoms with van der Waals surface area (Å²) < 4.78 is 5.44. The van der Waals surface area contributed by atoms with Crippen molar-refractivity contribution in [3.8, 4) is 5.75 Å². The second-order valence-electron chi connectivity index (χ2n) is 4.04. The molecule has 0 bridgehead atoms. The summed E-state index contributed by atoms with van der Waals surface area (Å²) in [6, 6.07) is 6.55. The lowest BCUT2D eigenvalue weighted by molar-refractivity contribution is 0.340. The first kappa shape index (κ1) is 12.1. The molecule has 0 saturated heterocycles. The van der Waals surface area contributed by atoms with Gasteiger partial charge in [-0.05, 0) is 56.9 Å². The molecule has 2 heteroatoms. The molecule has 0 saturated carbocycles. The first-order chi connectivity index (χ1) is 7.13. The third-order valence-electron chi connectivity index (χ3n) is 2.49. The van der Waals surface area contributed by atoms with E-state index in [0.717, 1.165) is 25.2 Å². The van der Waals surface area contributed by atoms with Crippen LogP contribution in [0, 0.1) is 6.92 Å². The van der Waals surface area contributed by atoms with Crippen molar-refractivity contribution in [3.63, 3.8) is 0 Å². The van der Waals surface area contributed by atoms with E-state index in [9.17, 15) is 0 Å². The van der Waals surface area contributed by atoms with E-state index in [0.29, 0.717) is 0 Å². The molecular formula is C13H21NO. The van der Waals surface area contributed by atoms with Crippen molar-refractivity contribution >= 4 is 0 Å². The van der Waals surface area contributed by atoms with Gasteiger partial charge in [-0.2, -0.15) is 0 Å². The average molecular weight is 207 g/mol. The van der Waals surface area contributed by atoms with Crippen molar-refractivity contribution in [2.45, 2.75) is 39.7 Å². The largest absolute Gasteiger partial charge is 0.494 e. The topological polar surface area (TPSA) is 35.2 Å². The van der Waals surface area contributed by atoms with E-state index in [2.05, 4.69) is 19.1 Å². The maximum atomic E-state index is 5.74. The molecule has 0 unspecified atom stereocenters. The predicted molar refractivity (Wildman–Crippen MR) is 64.3 cm³/mol. The van der Waals surface area contributed by atoms with E-state index < -0.39 is 0 Å². The molecule has 0 spiro atoms. The van der Waals surface area contributed by atoms with Crippen LogP contribution in [-0.4, -0.2) is 12.6 Å². The van der Waals surface area contributed by atoms with Gasteiger partial charge in [-0.25, -0.2) is 0 Å². The monoisotopic (exact) mass is 207 g/mol. The van der Waals surface area contributed by atoms with E-state index >= 15 is 0 Å². The summed E-state index contributed by atoms with van der Waals surface area (Å²) in [7, 11) is 0. The Morgan fingerprint density at radius 3 is 2.67 bits per heavy atom. The summed E-state index contributed by atoms with van der Waals surface area (Å²) in [6.07, 6.45) is 2.09. The Kier molecular flexibility index (Phi) is 4.63. The summed E-state index contributed by atoms with van der Waals surface area (Å²) in [5.74, 6) is 0.958. The highest BCUT2D eigenvalue weighted by atomic mass is 16.5. The standard InChI is InChI=1S/C13H21NO/c1-4-15-13-8-7-12(10(2)9-13)6-5-11(3)14/h7-9,11H,4-6,14H2,1-3H3/t11-/m0/s1. The summed E-state index contributed by atoms with van der Waals surface area (Å²) in [6.45, 7) is 6.89. The van der Waals surface area contributed by atoms with Gasteiger partial charge in [-0.15, -0.1) is 0 Å². The number of benzene rings is 1. The zero-order chi connectivity index (χ0) is 11.3. The van der Waals surface area contributed by atoms with E-state index in [4.69, 9.17) is 10.5 Å². The van der Waals surface area contributed by atoms with Gasteiger partial charge >= 0.3 is 0 Å². The summed E-state index contributed by atoms with van der Waals surface area (Å²) >= 11 is 0. The highest BCUT2D eigenvalue weighted by molar-refractivity contribution is 5.34. The molecule has 1 aromatic carbocycles. The molecule has 84 valence electrons. The first-order valence-electron chi connectivity index (χ1n) is 5.61. The Morgan fingerprint density at radius 1 is 1.40 bits per heavy atom. The fourth-order valence-electron chi connectivity index (χ4n) is 1.59. The smallest absolute Gasteiger partial charge is 0.119 e. The molecule has 2 N–H and O–H groups in total. The molecular weight excluding hydrogens is 186 g/mol. The minimum Gasteiger partial charge on any atom is -0.494 e. The number of rotatable bonds is 5. The van der Waals surface area contributed by atoms with Gasteiger partial charge in [-0.1, -0.05) is 6.07 Å². The van der Waals surface area contributed by atoms with Gasteiger partial charge in [0.05, 0.1) is 6.61 Å². The van der Waals surface area contributed by atoms with Gasteiger partial charge in [0.15, 0.2) is 0 Å². The molecule has 1 atom stereocenters. The third-order valence-corrected chi connectivity index (χ3v) is 2.49. The molecule has 15 heavy (non-hydrogen) atoms. The van der Waals surface area contributed by atoms with Crippen LogP contribution in [0.2, 0.25) is 0 Å². The minimum absolute atomic E-state index is 0.274. The molecule has 0 aliphatic rings. The Morgan fingerprint density at radius 2 is 2.13 bits per heavy atom. The molecule has 1 rings (SSSR count). The van der Waals surface area contributed by atoms with E-state index in [-0.39, 0.29) is 6.04 Å². The molecule has 0 amide bonds. The van der Waals surface area contributed by atoms with Crippen molar-refractivity contribution in [3.05, 3.63) is 29.3 Å². The number of ether oxygens (including phenoxy) is 1. The SMILES string of the molecule is CCOc1ccc(CC[C@H](C)N)c(C)c1. The normalized spacial score (nSPS) is 12.5. The van der Waals surface area contributed by atoms with Crippen LogP contribution in [0.15, 0.2) is 18.2 Å². The fraction of sp³-hybridized carbons (Fsp3) is 0.538. The van der Waals surface area contributed by atoms with Crippen molar-refractivity contribution < 1.29 is 4.74 Å². The van der Waals surface area contributed by atoms with Crippen LogP contribution >= 0.6 is 0 Å². The molecule has 0 fully saturated rings. The van der Waals surface area contributed by atoms with Crippen LogP contribution in [0.25, 0.3) is 0 Å². The quantitative estimate of drug-likeness (QED) is 0.805. The van der Waals surface area contributed by atoms with Gasteiger partial charge in [0.25, 0.3) is 0 Å². The van der Waals surface area contributed by atoms with Crippen LogP contribution in [-0.2, 0) is 6.42 Å². The third kappa shape index (κ3) is 3.92. The van der Waals surface area contributed by atoms with Crippen LogP contribution in [0.5, 0.6) is 5.75 Å². The molecule has 1 aromatic rings. The van der Waals surface area contributed by atoms with Gasteiger partial charge in [0, 0.05) is 6.04 Å². The molecule has 2 nitrogen and oxygen atoms in total. The molecule has 0 aromatic heterocycles. The zero-order valence-electron chi connectivity index (χ0n) is 9.92. The molecule has 0 heterocycles. The van der Waals surface area contributed by atoms with Crippen molar-refractivity contribution in [2.75, 3.05) is 6.61 Å². The molecule has 0 aliphatic heterocycles. The van der Waals surface area contributed by atoms with Crippen molar-refractivity contribution in [1.82, 2.24) is 0 Å². The lowest BCUT2D eigenvalue weighted by Crippen LogP contribution is -2.15. The maximum Gasteiger partial charge on any atom is 0.119 e. The lowest BCUT2D eigenvalue weighted by Gasteiger charge is -2.10. The average Bonchev–Trinajstić information content (AvgIpc) is 2.17. The number of nitrogens with two attached hydrogens (primary N) is 1. The van der Waals surface area contributed by atoms with E-state index in [1.165, 1.54) is 11.1 Å². The summed E-state index contributed by atoms with van der Waals surface area (Å²) in [4.78, 5) is 0. The van der Waals surface area contributed by atoms with Crippen LogP contribution in [0.1, 0.15) is 31.4 Å². The number of aryl methyl sites for hydroxylation is 2. The minimum atomic E-state index is 0.274. The van der Waals surface area contributed by atoms with Gasteiger partial charge in [0.1, 0.15) is 5.75 Å². The van der Waals surface area contributed by atoms with Gasteiger partial charge in [-0.3, -0.25) is 0 Å². The molecule has 0 aliphatic carbocycles. The van der Waals surface area contributed by atoms with Crippen molar-refractivity contribution in [2.24, 2.45) is 5.73 Å². The zero-order valence-corrected chi connectivity index (χ0v) is 9.92. The van der Waals surface area contributed by atoms with Crippen LogP contribution in [0.3, 0.4) is 0 Å². The van der Waals surface area contributed by atoms with Gasteiger partial charge in [0.2, 0.25) is 0 Å². The number of hydrogen-bond donors (Lipinski definition) is 1. The van der Waals surface area contributed by atoms with Crippen LogP contribution < -0.4 is 10.5 Å². The lowest BCUT2D eigenvalue weighted by atomic mass is 10.0. The predicted octanol–water partition coefficient (Wildman–Crippen LogP) is 2.67.